The van der Waals surface area contributed by atoms with Gasteiger partial charge in [-0.05, 0) is 49.6 Å². The fourth-order valence-corrected chi connectivity index (χ4v) is 4.84. The number of benzene rings is 1. The normalized spacial score (nSPS) is 15.7. The van der Waals surface area contributed by atoms with Gasteiger partial charge in [0.1, 0.15) is 5.00 Å². The van der Waals surface area contributed by atoms with Gasteiger partial charge in [0.15, 0.2) is 11.5 Å². The van der Waals surface area contributed by atoms with Crippen molar-refractivity contribution in [1.29, 1.82) is 0 Å². The molecule has 1 aromatic carbocycles. The molecule has 8 heteroatoms. The molecule has 0 saturated heterocycles. The number of anilines is 1. The molecule has 29 heavy (non-hydrogen) atoms. The number of nitrogens with two attached hydrogens (primary N) is 1. The molecule has 0 fully saturated rings. The van der Waals surface area contributed by atoms with E-state index in [4.69, 9.17) is 15.2 Å². The lowest BCUT2D eigenvalue weighted by Gasteiger charge is -2.30. The smallest absolute Gasteiger partial charge is 0.251 e. The zero-order valence-electron chi connectivity index (χ0n) is 16.4. The summed E-state index contributed by atoms with van der Waals surface area (Å²) >= 11 is 1.43. The molecule has 3 heterocycles. The Labute approximate surface area is 173 Å². The van der Waals surface area contributed by atoms with E-state index in [1.807, 2.05) is 12.1 Å². The van der Waals surface area contributed by atoms with Gasteiger partial charge in [0, 0.05) is 30.1 Å². The van der Waals surface area contributed by atoms with Crippen LogP contribution in [-0.4, -0.2) is 36.1 Å². The molecule has 0 spiro atoms. The van der Waals surface area contributed by atoms with Crippen molar-refractivity contribution in [3.05, 3.63) is 45.8 Å². The fraction of sp³-hybridized carbons (Fsp3) is 0.333. The maximum Gasteiger partial charge on any atom is 0.251 e. The molecular weight excluding hydrogens is 390 g/mol. The van der Waals surface area contributed by atoms with Crippen molar-refractivity contribution in [2.24, 2.45) is 5.73 Å². The number of ether oxygens (including phenoxy) is 2. The monoisotopic (exact) mass is 413 g/mol. The molecule has 2 amide bonds. The van der Waals surface area contributed by atoms with Crippen LogP contribution < -0.4 is 20.5 Å². The molecule has 0 unspecified atom stereocenters. The minimum Gasteiger partial charge on any atom is -0.454 e. The molecule has 7 nitrogen and oxygen atoms in total. The number of nitrogens with one attached hydrogen (secondary N) is 1. The number of thiophene rings is 1. The Morgan fingerprint density at radius 1 is 1.28 bits per heavy atom. The number of nitrogens with zero attached hydrogens (tertiary/aromatic N) is 1. The summed E-state index contributed by atoms with van der Waals surface area (Å²) < 4.78 is 10.6. The first-order valence-corrected chi connectivity index (χ1v) is 10.3. The third-order valence-electron chi connectivity index (χ3n) is 5.12. The lowest BCUT2D eigenvalue weighted by atomic mass is 10.0. The minimum atomic E-state index is -0.504. The van der Waals surface area contributed by atoms with Gasteiger partial charge in [-0.2, -0.15) is 0 Å². The van der Waals surface area contributed by atoms with Gasteiger partial charge in [-0.15, -0.1) is 11.3 Å². The second kappa shape index (κ2) is 7.88. The third kappa shape index (κ3) is 3.99. The van der Waals surface area contributed by atoms with Crippen molar-refractivity contribution in [2.45, 2.75) is 32.9 Å². The van der Waals surface area contributed by atoms with Crippen LogP contribution in [0.3, 0.4) is 0 Å². The van der Waals surface area contributed by atoms with Crippen LogP contribution in [0, 0.1) is 0 Å². The van der Waals surface area contributed by atoms with Gasteiger partial charge in [-0.3, -0.25) is 14.5 Å². The lowest BCUT2D eigenvalue weighted by molar-refractivity contribution is -0.111. The number of hydrogen-bond acceptors (Lipinski definition) is 6. The maximum atomic E-state index is 12.5. The topological polar surface area (TPSA) is 93.9 Å². The summed E-state index contributed by atoms with van der Waals surface area (Å²) in [7, 11) is 0. The van der Waals surface area contributed by atoms with Crippen LogP contribution in [0.5, 0.6) is 11.5 Å². The highest BCUT2D eigenvalue weighted by molar-refractivity contribution is 7.17. The van der Waals surface area contributed by atoms with E-state index < -0.39 is 5.91 Å². The van der Waals surface area contributed by atoms with E-state index >= 15 is 0 Å². The van der Waals surface area contributed by atoms with Gasteiger partial charge in [0.25, 0.3) is 5.91 Å². The van der Waals surface area contributed by atoms with Crippen LogP contribution >= 0.6 is 11.3 Å². The summed E-state index contributed by atoms with van der Waals surface area (Å²) in [6, 6.07) is 5.88. The molecule has 0 aliphatic carbocycles. The molecule has 152 valence electrons. The Morgan fingerprint density at radius 2 is 2.07 bits per heavy atom. The van der Waals surface area contributed by atoms with Crippen LogP contribution in [-0.2, 0) is 17.8 Å². The SMILES string of the molecule is CC(C)N1CCc2c(sc(NC(=O)/C=C/c3ccc4c(c3)OCO4)c2C(N)=O)C1. The maximum absolute atomic E-state index is 12.5. The highest BCUT2D eigenvalue weighted by atomic mass is 32.1. The van der Waals surface area contributed by atoms with Crippen LogP contribution in [0.2, 0.25) is 0 Å². The number of primary amides is 1. The molecular formula is C21H23N3O4S. The van der Waals surface area contributed by atoms with Gasteiger partial charge in [-0.1, -0.05) is 6.07 Å². The molecule has 0 saturated carbocycles. The first kappa shape index (κ1) is 19.5. The molecule has 2 aliphatic heterocycles. The first-order chi connectivity index (χ1) is 13.9. The molecule has 2 aromatic rings. The van der Waals surface area contributed by atoms with Gasteiger partial charge < -0.3 is 20.5 Å². The van der Waals surface area contributed by atoms with Crippen molar-refractivity contribution in [1.82, 2.24) is 4.90 Å². The standard InChI is InChI=1S/C21H23N3O4S/c1-12(2)24-8-7-14-17(10-24)29-21(19(14)20(22)26)23-18(25)6-4-13-3-5-15-16(9-13)28-11-27-15/h3-6,9,12H,7-8,10-11H2,1-2H3,(H2,22,26)(H,23,25)/b6-4+. The predicted molar refractivity (Wildman–Crippen MR) is 112 cm³/mol. The molecule has 0 bridgehead atoms. The van der Waals surface area contributed by atoms with E-state index in [0.717, 1.165) is 35.5 Å². The number of carbonyl (C=O) groups is 2. The zero-order valence-corrected chi connectivity index (χ0v) is 17.2. The van der Waals surface area contributed by atoms with Crippen molar-refractivity contribution >= 4 is 34.2 Å². The molecule has 0 atom stereocenters. The van der Waals surface area contributed by atoms with Gasteiger partial charge in [0.2, 0.25) is 12.7 Å². The summed E-state index contributed by atoms with van der Waals surface area (Å²) in [5.74, 6) is 0.529. The van der Waals surface area contributed by atoms with E-state index in [1.54, 1.807) is 12.1 Å². The summed E-state index contributed by atoms with van der Waals surface area (Å²) in [5, 5.41) is 3.35. The van der Waals surface area contributed by atoms with Crippen molar-refractivity contribution in [3.8, 4) is 11.5 Å². The van der Waals surface area contributed by atoms with Gasteiger partial charge in [-0.25, -0.2) is 0 Å². The van der Waals surface area contributed by atoms with Crippen LogP contribution in [0.1, 0.15) is 40.2 Å². The second-order valence-corrected chi connectivity index (χ2v) is 8.43. The number of hydrogen-bond donors (Lipinski definition) is 2. The first-order valence-electron chi connectivity index (χ1n) is 9.49. The number of amides is 2. The van der Waals surface area contributed by atoms with E-state index in [1.165, 1.54) is 17.4 Å². The summed E-state index contributed by atoms with van der Waals surface area (Å²) in [4.78, 5) is 28.0. The van der Waals surface area contributed by atoms with Crippen LogP contribution in [0.15, 0.2) is 24.3 Å². The van der Waals surface area contributed by atoms with Gasteiger partial charge in [0.05, 0.1) is 5.56 Å². The van der Waals surface area contributed by atoms with Gasteiger partial charge >= 0.3 is 0 Å². The second-order valence-electron chi connectivity index (χ2n) is 7.32. The van der Waals surface area contributed by atoms with E-state index in [-0.39, 0.29) is 12.7 Å². The average molecular weight is 413 g/mol. The number of carbonyl (C=O) groups excluding carboxylic acids is 2. The predicted octanol–water partition coefficient (Wildman–Crippen LogP) is 2.99. The molecule has 4 rings (SSSR count). The molecule has 1 aromatic heterocycles. The Balaban J connectivity index is 1.51. The van der Waals surface area contributed by atoms with Crippen molar-refractivity contribution < 1.29 is 19.1 Å². The van der Waals surface area contributed by atoms with E-state index in [0.29, 0.717) is 28.1 Å². The Morgan fingerprint density at radius 3 is 2.83 bits per heavy atom. The highest BCUT2D eigenvalue weighted by Gasteiger charge is 2.28. The van der Waals surface area contributed by atoms with Crippen molar-refractivity contribution in [3.63, 3.8) is 0 Å². The van der Waals surface area contributed by atoms with Crippen LogP contribution in [0.25, 0.3) is 6.08 Å². The molecule has 0 radical (unpaired) electrons. The van der Waals surface area contributed by atoms with Crippen LogP contribution in [0.4, 0.5) is 5.00 Å². The summed E-state index contributed by atoms with van der Waals surface area (Å²) in [6.07, 6.45) is 3.88. The minimum absolute atomic E-state index is 0.205. The summed E-state index contributed by atoms with van der Waals surface area (Å²) in [5.41, 5.74) is 7.86. The average Bonchev–Trinajstić information content (AvgIpc) is 3.28. The molecule has 3 N–H and O–H groups in total. The number of fused-ring (bicyclic) bond motifs is 2. The van der Waals surface area contributed by atoms with E-state index in [2.05, 4.69) is 24.1 Å². The van der Waals surface area contributed by atoms with Crippen molar-refractivity contribution in [2.75, 3.05) is 18.7 Å². The largest absolute Gasteiger partial charge is 0.454 e. The Bertz CT molecular complexity index is 996. The Kier molecular flexibility index (Phi) is 5.29. The summed E-state index contributed by atoms with van der Waals surface area (Å²) in [6.45, 7) is 6.14. The highest BCUT2D eigenvalue weighted by Crippen LogP contribution is 2.37. The Hall–Kier alpha value is -2.84. The quantitative estimate of drug-likeness (QED) is 0.735. The third-order valence-corrected chi connectivity index (χ3v) is 6.26. The molecule has 2 aliphatic rings. The fourth-order valence-electron chi connectivity index (χ4n) is 3.56. The zero-order chi connectivity index (χ0) is 20.5. The van der Waals surface area contributed by atoms with E-state index in [9.17, 15) is 9.59 Å². The lowest BCUT2D eigenvalue weighted by Crippen LogP contribution is -2.35. The number of rotatable bonds is 5.